The van der Waals surface area contributed by atoms with Gasteiger partial charge in [0.15, 0.2) is 0 Å². The number of methoxy groups -OCH3 is 1. The first kappa shape index (κ1) is 16.5. The predicted molar refractivity (Wildman–Crippen MR) is 76.8 cm³/mol. The summed E-state index contributed by atoms with van der Waals surface area (Å²) in [6, 6.07) is 4.36. The van der Waals surface area contributed by atoms with E-state index < -0.39 is 35.3 Å². The number of nitrogens with one attached hydrogen (secondary N) is 1. The first-order chi connectivity index (χ1) is 10.3. The van der Waals surface area contributed by atoms with Crippen LogP contribution in [0.4, 0.5) is 23.2 Å². The maximum atomic E-state index is 13.6. The van der Waals surface area contributed by atoms with Gasteiger partial charge in [0.1, 0.15) is 11.4 Å². The second-order valence-corrected chi connectivity index (χ2v) is 5.31. The molecule has 2 aromatic rings. The minimum absolute atomic E-state index is 0.578. The number of nitrogens with zero attached hydrogens (tertiary/aromatic N) is 1. The second kappa shape index (κ2) is 6.51. The van der Waals surface area contributed by atoms with Crippen LogP contribution in [0.15, 0.2) is 22.7 Å². The smallest absolute Gasteiger partial charge is 0.253 e. The van der Waals surface area contributed by atoms with Crippen LogP contribution in [0.1, 0.15) is 18.5 Å². The summed E-state index contributed by atoms with van der Waals surface area (Å²) >= 11 is 3.28. The molecule has 3 nitrogen and oxygen atoms in total. The molecular weight excluding hydrogens is 368 g/mol. The number of aromatic nitrogens is 1. The number of anilines is 1. The molecule has 8 heteroatoms. The molecule has 0 saturated heterocycles. The number of pyridine rings is 1. The average molecular weight is 379 g/mol. The van der Waals surface area contributed by atoms with Crippen molar-refractivity contribution >= 4 is 21.6 Å². The summed E-state index contributed by atoms with van der Waals surface area (Å²) < 4.78 is 59.0. The largest absolute Gasteiger partial charge is 0.496 e. The van der Waals surface area contributed by atoms with Gasteiger partial charge in [-0.25, -0.2) is 0 Å². The van der Waals surface area contributed by atoms with Crippen molar-refractivity contribution in [1.29, 1.82) is 0 Å². The lowest BCUT2D eigenvalue weighted by Gasteiger charge is -2.18. The Labute approximate surface area is 132 Å². The number of hydrogen-bond donors (Lipinski definition) is 1. The molecule has 0 aliphatic heterocycles. The van der Waals surface area contributed by atoms with Gasteiger partial charge in [-0.2, -0.15) is 22.5 Å². The van der Waals surface area contributed by atoms with Crippen LogP contribution in [0.3, 0.4) is 0 Å². The van der Waals surface area contributed by atoms with Crippen LogP contribution >= 0.6 is 15.9 Å². The van der Waals surface area contributed by atoms with Gasteiger partial charge in [0.25, 0.3) is 11.9 Å². The Kier molecular flexibility index (Phi) is 4.90. The fraction of sp³-hybridized carbons (Fsp3) is 0.214. The Hall–Kier alpha value is -1.83. The van der Waals surface area contributed by atoms with Crippen molar-refractivity contribution in [3.63, 3.8) is 0 Å². The molecule has 0 amide bonds. The third-order valence-corrected chi connectivity index (χ3v) is 3.65. The molecule has 1 unspecified atom stereocenters. The highest BCUT2D eigenvalue weighted by Gasteiger charge is 2.22. The molecule has 1 heterocycles. The van der Waals surface area contributed by atoms with Gasteiger partial charge in [-0.15, -0.1) is 0 Å². The summed E-state index contributed by atoms with van der Waals surface area (Å²) in [5.74, 6) is -5.97. The van der Waals surface area contributed by atoms with E-state index in [1.807, 2.05) is 0 Å². The summed E-state index contributed by atoms with van der Waals surface area (Å²) in [4.78, 5) is 2.50. The molecule has 0 spiro atoms. The number of ether oxygens (including phenoxy) is 1. The fourth-order valence-corrected chi connectivity index (χ4v) is 2.42. The van der Waals surface area contributed by atoms with E-state index >= 15 is 0 Å². The molecule has 0 bridgehead atoms. The van der Waals surface area contributed by atoms with Gasteiger partial charge < -0.3 is 10.1 Å². The highest BCUT2D eigenvalue weighted by atomic mass is 79.9. The highest BCUT2D eigenvalue weighted by Crippen LogP contribution is 2.31. The van der Waals surface area contributed by atoms with Crippen LogP contribution in [0.5, 0.6) is 5.75 Å². The van der Waals surface area contributed by atoms with E-state index in [0.717, 1.165) is 0 Å². The molecule has 0 aliphatic carbocycles. The minimum Gasteiger partial charge on any atom is -0.496 e. The van der Waals surface area contributed by atoms with Crippen molar-refractivity contribution in [3.05, 3.63) is 51.8 Å². The van der Waals surface area contributed by atoms with Crippen molar-refractivity contribution in [2.24, 2.45) is 0 Å². The van der Waals surface area contributed by atoms with Crippen molar-refractivity contribution in [3.8, 4) is 5.75 Å². The maximum Gasteiger partial charge on any atom is 0.253 e. The van der Waals surface area contributed by atoms with Crippen LogP contribution in [-0.2, 0) is 0 Å². The van der Waals surface area contributed by atoms with Gasteiger partial charge in [-0.3, -0.25) is 0 Å². The van der Waals surface area contributed by atoms with Crippen LogP contribution in [0.25, 0.3) is 0 Å². The van der Waals surface area contributed by atoms with Crippen LogP contribution < -0.4 is 10.1 Å². The van der Waals surface area contributed by atoms with Crippen molar-refractivity contribution in [2.45, 2.75) is 13.0 Å². The maximum absolute atomic E-state index is 13.6. The number of rotatable bonds is 4. The van der Waals surface area contributed by atoms with Gasteiger partial charge >= 0.3 is 0 Å². The number of hydrogen-bond acceptors (Lipinski definition) is 3. The summed E-state index contributed by atoms with van der Waals surface area (Å²) in [6.45, 7) is 1.59. The molecule has 1 aromatic carbocycles. The van der Waals surface area contributed by atoms with Gasteiger partial charge in [0, 0.05) is 6.04 Å². The van der Waals surface area contributed by atoms with Gasteiger partial charge in [-0.05, 0) is 40.5 Å². The zero-order chi connectivity index (χ0) is 16.4. The SMILES string of the molecule is COc1ccc(C(C)Nc2c(F)c(F)nc(F)c2F)cc1Br. The van der Waals surface area contributed by atoms with Crippen molar-refractivity contribution in [2.75, 3.05) is 12.4 Å². The van der Waals surface area contributed by atoms with Crippen molar-refractivity contribution in [1.82, 2.24) is 4.98 Å². The van der Waals surface area contributed by atoms with Crippen LogP contribution in [-0.4, -0.2) is 12.1 Å². The molecule has 118 valence electrons. The molecule has 0 saturated carbocycles. The number of benzene rings is 1. The zero-order valence-electron chi connectivity index (χ0n) is 11.6. The van der Waals surface area contributed by atoms with Crippen LogP contribution in [0.2, 0.25) is 0 Å². The van der Waals surface area contributed by atoms with E-state index in [2.05, 4.69) is 26.2 Å². The van der Waals surface area contributed by atoms with E-state index in [9.17, 15) is 17.6 Å². The topological polar surface area (TPSA) is 34.1 Å². The molecular formula is C14H11BrF4N2O. The summed E-state index contributed by atoms with van der Waals surface area (Å²) in [5, 5.41) is 2.41. The van der Waals surface area contributed by atoms with Gasteiger partial charge in [0.05, 0.1) is 11.6 Å². The third-order valence-electron chi connectivity index (χ3n) is 3.03. The standard InChI is InChI=1S/C14H11BrF4N2O/c1-6(7-3-4-9(22-2)8(15)5-7)20-12-10(16)13(18)21-14(19)11(12)17/h3-6H,1-2H3,(H,20,21). The van der Waals surface area contributed by atoms with E-state index in [0.29, 0.717) is 15.8 Å². The molecule has 0 radical (unpaired) electrons. The number of halogens is 5. The monoisotopic (exact) mass is 378 g/mol. The molecule has 1 atom stereocenters. The summed E-state index contributed by atoms with van der Waals surface area (Å²) in [6.07, 6.45) is 0. The third kappa shape index (κ3) is 3.16. The summed E-state index contributed by atoms with van der Waals surface area (Å²) in [5.41, 5.74) is -0.270. The Morgan fingerprint density at radius 3 is 2.23 bits per heavy atom. The summed E-state index contributed by atoms with van der Waals surface area (Å²) in [7, 11) is 1.49. The first-order valence-electron chi connectivity index (χ1n) is 6.15. The molecule has 2 rings (SSSR count). The van der Waals surface area contributed by atoms with Crippen molar-refractivity contribution < 1.29 is 22.3 Å². The normalized spacial score (nSPS) is 12.1. The van der Waals surface area contributed by atoms with Gasteiger partial charge in [-0.1, -0.05) is 6.07 Å². The molecule has 1 N–H and O–H groups in total. The Morgan fingerprint density at radius 1 is 1.14 bits per heavy atom. The molecule has 22 heavy (non-hydrogen) atoms. The lowest BCUT2D eigenvalue weighted by Crippen LogP contribution is -2.13. The predicted octanol–water partition coefficient (Wildman–Crippen LogP) is 4.58. The second-order valence-electron chi connectivity index (χ2n) is 4.46. The molecule has 0 aliphatic rings. The first-order valence-corrected chi connectivity index (χ1v) is 6.94. The van der Waals surface area contributed by atoms with E-state index in [1.54, 1.807) is 25.1 Å². The Balaban J connectivity index is 2.33. The zero-order valence-corrected chi connectivity index (χ0v) is 13.1. The molecule has 0 fully saturated rings. The Morgan fingerprint density at radius 2 is 1.73 bits per heavy atom. The lowest BCUT2D eigenvalue weighted by molar-refractivity contribution is 0.409. The van der Waals surface area contributed by atoms with Crippen LogP contribution in [0, 0.1) is 23.5 Å². The highest BCUT2D eigenvalue weighted by molar-refractivity contribution is 9.10. The average Bonchev–Trinajstić information content (AvgIpc) is 2.49. The van der Waals surface area contributed by atoms with E-state index in [1.165, 1.54) is 7.11 Å². The van der Waals surface area contributed by atoms with E-state index in [-0.39, 0.29) is 0 Å². The molecule has 1 aromatic heterocycles. The van der Waals surface area contributed by atoms with Gasteiger partial charge in [0.2, 0.25) is 11.6 Å². The quantitative estimate of drug-likeness (QED) is 0.624. The fourth-order valence-electron chi connectivity index (χ4n) is 1.87. The lowest BCUT2D eigenvalue weighted by atomic mass is 10.1. The van der Waals surface area contributed by atoms with E-state index in [4.69, 9.17) is 4.74 Å². The minimum atomic E-state index is -1.70. The Bertz CT molecular complexity index is 685.